The van der Waals surface area contributed by atoms with Crippen molar-refractivity contribution < 1.29 is 17.9 Å². The SMILES string of the molecule is Cc1cc(F)cc(C)c1S(=O)(=O)N1CCC(CCO)C1. The van der Waals surface area contributed by atoms with Crippen molar-refractivity contribution in [2.75, 3.05) is 19.7 Å². The highest BCUT2D eigenvalue weighted by Gasteiger charge is 2.34. The average Bonchev–Trinajstić information content (AvgIpc) is 2.76. The van der Waals surface area contributed by atoms with E-state index in [2.05, 4.69) is 0 Å². The first kappa shape index (κ1) is 15.4. The van der Waals surface area contributed by atoms with Crippen LogP contribution in [-0.2, 0) is 10.0 Å². The van der Waals surface area contributed by atoms with Gasteiger partial charge in [0.15, 0.2) is 0 Å². The Bertz CT molecular complexity index is 577. The summed E-state index contributed by atoms with van der Waals surface area (Å²) in [5.41, 5.74) is 0.876. The van der Waals surface area contributed by atoms with Crippen LogP contribution in [0.1, 0.15) is 24.0 Å². The number of rotatable bonds is 4. The Morgan fingerprint density at radius 1 is 1.35 bits per heavy atom. The molecule has 1 N–H and O–H groups in total. The monoisotopic (exact) mass is 301 g/mol. The zero-order chi connectivity index (χ0) is 14.9. The van der Waals surface area contributed by atoms with E-state index < -0.39 is 15.8 Å². The number of aliphatic hydroxyl groups is 1. The van der Waals surface area contributed by atoms with Gasteiger partial charge in [-0.05, 0) is 55.9 Å². The molecule has 0 radical (unpaired) electrons. The lowest BCUT2D eigenvalue weighted by Crippen LogP contribution is -2.30. The van der Waals surface area contributed by atoms with E-state index in [1.807, 2.05) is 0 Å². The highest BCUT2D eigenvalue weighted by atomic mass is 32.2. The summed E-state index contributed by atoms with van der Waals surface area (Å²) in [5, 5.41) is 8.94. The number of hydrogen-bond acceptors (Lipinski definition) is 3. The summed E-state index contributed by atoms with van der Waals surface area (Å²) >= 11 is 0. The molecule has 0 aromatic heterocycles. The molecular formula is C14H20FNO3S. The Balaban J connectivity index is 2.33. The predicted molar refractivity (Wildman–Crippen MR) is 74.4 cm³/mol. The maximum Gasteiger partial charge on any atom is 0.243 e. The van der Waals surface area contributed by atoms with Gasteiger partial charge in [-0.1, -0.05) is 0 Å². The van der Waals surface area contributed by atoms with Crippen LogP contribution in [-0.4, -0.2) is 37.5 Å². The maximum atomic E-state index is 13.3. The molecule has 112 valence electrons. The average molecular weight is 301 g/mol. The summed E-state index contributed by atoms with van der Waals surface area (Å²) in [6.45, 7) is 4.20. The van der Waals surface area contributed by atoms with Crippen LogP contribution in [0.25, 0.3) is 0 Å². The van der Waals surface area contributed by atoms with Crippen molar-refractivity contribution in [3.8, 4) is 0 Å². The summed E-state index contributed by atoms with van der Waals surface area (Å²) < 4.78 is 40.1. The van der Waals surface area contributed by atoms with Gasteiger partial charge >= 0.3 is 0 Å². The van der Waals surface area contributed by atoms with Gasteiger partial charge in [-0.3, -0.25) is 0 Å². The number of sulfonamides is 1. The number of benzene rings is 1. The number of halogens is 1. The third kappa shape index (κ3) is 2.87. The van der Waals surface area contributed by atoms with Gasteiger partial charge in [0.1, 0.15) is 5.82 Å². The zero-order valence-corrected chi connectivity index (χ0v) is 12.6. The molecule has 1 aromatic carbocycles. The molecule has 1 heterocycles. The molecule has 1 atom stereocenters. The van der Waals surface area contributed by atoms with Gasteiger partial charge in [0, 0.05) is 19.7 Å². The predicted octanol–water partition coefficient (Wildman–Crippen LogP) is 1.84. The van der Waals surface area contributed by atoms with Crippen LogP contribution in [0.2, 0.25) is 0 Å². The Morgan fingerprint density at radius 2 is 1.95 bits per heavy atom. The smallest absolute Gasteiger partial charge is 0.243 e. The quantitative estimate of drug-likeness (QED) is 0.923. The highest BCUT2D eigenvalue weighted by molar-refractivity contribution is 7.89. The molecule has 1 aromatic rings. The Kier molecular flexibility index (Phi) is 4.46. The summed E-state index contributed by atoms with van der Waals surface area (Å²) in [4.78, 5) is 0.212. The molecule has 1 aliphatic heterocycles. The minimum absolute atomic E-state index is 0.0765. The molecule has 0 aliphatic carbocycles. The topological polar surface area (TPSA) is 57.6 Å². The van der Waals surface area contributed by atoms with Crippen LogP contribution >= 0.6 is 0 Å². The molecule has 1 saturated heterocycles. The summed E-state index contributed by atoms with van der Waals surface area (Å²) in [7, 11) is -3.58. The van der Waals surface area contributed by atoms with E-state index in [1.165, 1.54) is 16.4 Å². The minimum atomic E-state index is -3.58. The fourth-order valence-corrected chi connectivity index (χ4v) is 4.81. The van der Waals surface area contributed by atoms with Crippen molar-refractivity contribution in [2.24, 2.45) is 5.92 Å². The Labute approximate surface area is 119 Å². The second-order valence-electron chi connectivity index (χ2n) is 5.40. The second-order valence-corrected chi connectivity index (χ2v) is 7.27. The van der Waals surface area contributed by atoms with Crippen molar-refractivity contribution in [2.45, 2.75) is 31.6 Å². The molecular weight excluding hydrogens is 281 g/mol. The highest BCUT2D eigenvalue weighted by Crippen LogP contribution is 2.29. The lowest BCUT2D eigenvalue weighted by Gasteiger charge is -2.19. The van der Waals surface area contributed by atoms with Gasteiger partial charge in [0.2, 0.25) is 10.0 Å². The maximum absolute atomic E-state index is 13.3. The lowest BCUT2D eigenvalue weighted by molar-refractivity contribution is 0.259. The van der Waals surface area contributed by atoms with E-state index in [4.69, 9.17) is 5.11 Å². The van der Waals surface area contributed by atoms with Gasteiger partial charge in [-0.2, -0.15) is 4.31 Å². The van der Waals surface area contributed by atoms with E-state index in [9.17, 15) is 12.8 Å². The van der Waals surface area contributed by atoms with Crippen LogP contribution in [0.15, 0.2) is 17.0 Å². The van der Waals surface area contributed by atoms with Crippen LogP contribution in [0.5, 0.6) is 0 Å². The van der Waals surface area contributed by atoms with Crippen LogP contribution in [0, 0.1) is 25.6 Å². The van der Waals surface area contributed by atoms with Crippen molar-refractivity contribution in [1.29, 1.82) is 0 Å². The fourth-order valence-electron chi connectivity index (χ4n) is 2.87. The molecule has 6 heteroatoms. The van der Waals surface area contributed by atoms with E-state index in [1.54, 1.807) is 13.8 Å². The summed E-state index contributed by atoms with van der Waals surface area (Å²) in [6.07, 6.45) is 1.38. The van der Waals surface area contributed by atoms with Gasteiger partial charge in [0.25, 0.3) is 0 Å². The third-order valence-corrected chi connectivity index (χ3v) is 5.98. The first-order valence-corrected chi connectivity index (χ1v) is 8.18. The number of aliphatic hydroxyl groups excluding tert-OH is 1. The first-order valence-electron chi connectivity index (χ1n) is 6.74. The normalized spacial score (nSPS) is 20.5. The Hall–Kier alpha value is -0.980. The largest absolute Gasteiger partial charge is 0.396 e. The number of hydrogen-bond donors (Lipinski definition) is 1. The molecule has 1 fully saturated rings. The minimum Gasteiger partial charge on any atom is -0.396 e. The molecule has 0 spiro atoms. The van der Waals surface area contributed by atoms with E-state index >= 15 is 0 Å². The van der Waals surface area contributed by atoms with Gasteiger partial charge < -0.3 is 5.11 Å². The van der Waals surface area contributed by atoms with Crippen LogP contribution in [0.3, 0.4) is 0 Å². The van der Waals surface area contributed by atoms with Crippen molar-refractivity contribution >= 4 is 10.0 Å². The number of nitrogens with zero attached hydrogens (tertiary/aromatic N) is 1. The molecule has 20 heavy (non-hydrogen) atoms. The zero-order valence-electron chi connectivity index (χ0n) is 11.8. The van der Waals surface area contributed by atoms with Crippen LogP contribution in [0.4, 0.5) is 4.39 Å². The standard InChI is InChI=1S/C14H20FNO3S/c1-10-7-13(15)8-11(2)14(10)20(18,19)16-5-3-12(9-16)4-6-17/h7-8,12,17H,3-6,9H2,1-2H3. The molecule has 0 amide bonds. The van der Waals surface area contributed by atoms with E-state index in [0.717, 1.165) is 6.42 Å². The van der Waals surface area contributed by atoms with Crippen molar-refractivity contribution in [3.63, 3.8) is 0 Å². The molecule has 0 saturated carbocycles. The van der Waals surface area contributed by atoms with Gasteiger partial charge in [-0.15, -0.1) is 0 Å². The first-order chi connectivity index (χ1) is 9.36. The summed E-state index contributed by atoms with van der Waals surface area (Å²) in [6, 6.07) is 2.50. The number of aryl methyl sites for hydroxylation is 2. The van der Waals surface area contributed by atoms with Crippen LogP contribution < -0.4 is 0 Å². The molecule has 1 unspecified atom stereocenters. The third-order valence-electron chi connectivity index (χ3n) is 3.81. The fraction of sp³-hybridized carbons (Fsp3) is 0.571. The molecule has 0 bridgehead atoms. The Morgan fingerprint density at radius 3 is 2.50 bits per heavy atom. The van der Waals surface area contributed by atoms with E-state index in [0.29, 0.717) is 30.6 Å². The van der Waals surface area contributed by atoms with E-state index in [-0.39, 0.29) is 17.4 Å². The molecule has 4 nitrogen and oxygen atoms in total. The lowest BCUT2D eigenvalue weighted by atomic mass is 10.1. The second kappa shape index (κ2) is 5.79. The van der Waals surface area contributed by atoms with Crippen molar-refractivity contribution in [3.05, 3.63) is 29.1 Å². The molecule has 1 aliphatic rings. The molecule has 2 rings (SSSR count). The summed E-state index contributed by atoms with van der Waals surface area (Å²) in [5.74, 6) is -0.214. The van der Waals surface area contributed by atoms with Crippen molar-refractivity contribution in [1.82, 2.24) is 4.31 Å². The van der Waals surface area contributed by atoms with Gasteiger partial charge in [-0.25, -0.2) is 12.8 Å². The van der Waals surface area contributed by atoms with Gasteiger partial charge in [0.05, 0.1) is 4.90 Å².